The second-order valence-electron chi connectivity index (χ2n) is 9.72. The SMILES string of the molecule is COc1nc(N2CCN(c3ncnc(Nc4cnn(C[C@@H]5CNCCO5)c4)n3)CC2)ncc1Cc1ccccc1. The third-order valence-corrected chi connectivity index (χ3v) is 6.93. The van der Waals surface area contributed by atoms with Gasteiger partial charge in [0.1, 0.15) is 6.33 Å². The van der Waals surface area contributed by atoms with Crippen LogP contribution in [0.2, 0.25) is 0 Å². The summed E-state index contributed by atoms with van der Waals surface area (Å²) in [7, 11) is 1.65. The van der Waals surface area contributed by atoms with Crippen LogP contribution in [0.25, 0.3) is 0 Å². The Labute approximate surface area is 232 Å². The Morgan fingerprint density at radius 1 is 1.00 bits per heavy atom. The average molecular weight is 544 g/mol. The van der Waals surface area contributed by atoms with Crippen LogP contribution < -0.4 is 25.2 Å². The van der Waals surface area contributed by atoms with Crippen molar-refractivity contribution >= 4 is 23.5 Å². The van der Waals surface area contributed by atoms with Crippen LogP contribution in [0.1, 0.15) is 11.1 Å². The second kappa shape index (κ2) is 12.2. The Kier molecular flexibility index (Phi) is 7.91. The molecule has 0 aliphatic carbocycles. The number of ether oxygens (including phenoxy) is 2. The molecule has 2 aliphatic heterocycles. The van der Waals surface area contributed by atoms with Gasteiger partial charge in [-0.2, -0.15) is 15.1 Å². The fraction of sp³-hybridized carbons (Fsp3) is 0.407. The zero-order valence-corrected chi connectivity index (χ0v) is 22.5. The van der Waals surface area contributed by atoms with E-state index < -0.39 is 0 Å². The number of hydrogen-bond donors (Lipinski definition) is 2. The smallest absolute Gasteiger partial charge is 0.232 e. The highest BCUT2D eigenvalue weighted by atomic mass is 16.5. The Morgan fingerprint density at radius 2 is 1.80 bits per heavy atom. The molecule has 0 bridgehead atoms. The molecule has 2 N–H and O–H groups in total. The summed E-state index contributed by atoms with van der Waals surface area (Å²) < 4.78 is 13.2. The summed E-state index contributed by atoms with van der Waals surface area (Å²) in [4.78, 5) is 27.0. The summed E-state index contributed by atoms with van der Waals surface area (Å²) in [6.45, 7) is 6.06. The molecule has 208 valence electrons. The quantitative estimate of drug-likeness (QED) is 0.317. The highest BCUT2D eigenvalue weighted by Gasteiger charge is 2.23. The number of methoxy groups -OCH3 is 1. The molecule has 5 heterocycles. The molecule has 13 nitrogen and oxygen atoms in total. The molecule has 1 atom stereocenters. The van der Waals surface area contributed by atoms with Gasteiger partial charge >= 0.3 is 0 Å². The predicted octanol–water partition coefficient (Wildman–Crippen LogP) is 1.52. The Morgan fingerprint density at radius 3 is 2.55 bits per heavy atom. The molecule has 0 amide bonds. The zero-order valence-electron chi connectivity index (χ0n) is 22.5. The highest BCUT2D eigenvalue weighted by molar-refractivity contribution is 5.52. The summed E-state index contributed by atoms with van der Waals surface area (Å²) in [6.07, 6.45) is 7.93. The summed E-state index contributed by atoms with van der Waals surface area (Å²) >= 11 is 0. The molecule has 40 heavy (non-hydrogen) atoms. The van der Waals surface area contributed by atoms with Gasteiger partial charge in [0, 0.05) is 63.6 Å². The maximum absolute atomic E-state index is 5.77. The van der Waals surface area contributed by atoms with Crippen LogP contribution in [0.4, 0.5) is 23.5 Å². The van der Waals surface area contributed by atoms with Crippen molar-refractivity contribution in [3.05, 3.63) is 66.4 Å². The van der Waals surface area contributed by atoms with Gasteiger partial charge in [0.25, 0.3) is 0 Å². The van der Waals surface area contributed by atoms with Gasteiger partial charge in [-0.3, -0.25) is 4.68 Å². The van der Waals surface area contributed by atoms with Crippen LogP contribution in [0.3, 0.4) is 0 Å². The number of nitrogens with one attached hydrogen (secondary N) is 2. The van der Waals surface area contributed by atoms with Crippen LogP contribution in [-0.4, -0.2) is 93.8 Å². The predicted molar refractivity (Wildman–Crippen MR) is 150 cm³/mol. The lowest BCUT2D eigenvalue weighted by Gasteiger charge is -2.34. The Hall–Kier alpha value is -4.36. The van der Waals surface area contributed by atoms with Crippen molar-refractivity contribution in [3.8, 4) is 5.88 Å². The molecule has 4 aromatic rings. The number of nitrogens with zero attached hydrogens (tertiary/aromatic N) is 9. The largest absolute Gasteiger partial charge is 0.481 e. The molecule has 2 fully saturated rings. The first-order valence-electron chi connectivity index (χ1n) is 13.5. The molecule has 0 unspecified atom stereocenters. The third-order valence-electron chi connectivity index (χ3n) is 6.93. The standard InChI is InChI=1S/C27H33N11O2/c1-39-24-21(13-20-5-3-2-4-6-20)14-29-26(34-24)36-8-10-37(11-9-36)27-31-19-30-25(35-27)33-22-15-32-38(17-22)18-23-16-28-7-12-40-23/h2-6,14-15,17,19,23,28H,7-13,16,18H2,1H3,(H,30,31,33,35)/t23-/m0/s1. The first-order valence-corrected chi connectivity index (χ1v) is 13.5. The molecule has 2 aliphatic rings. The highest BCUT2D eigenvalue weighted by Crippen LogP contribution is 2.23. The second-order valence-corrected chi connectivity index (χ2v) is 9.72. The number of morpholine rings is 1. The van der Waals surface area contributed by atoms with Crippen molar-refractivity contribution in [2.45, 2.75) is 19.1 Å². The first-order chi connectivity index (χ1) is 19.7. The topological polar surface area (TPSA) is 131 Å². The summed E-state index contributed by atoms with van der Waals surface area (Å²) in [5.74, 6) is 2.38. The number of hydrogen-bond acceptors (Lipinski definition) is 12. The molecular weight excluding hydrogens is 510 g/mol. The van der Waals surface area contributed by atoms with E-state index in [1.165, 1.54) is 11.9 Å². The fourth-order valence-electron chi connectivity index (χ4n) is 4.86. The van der Waals surface area contributed by atoms with E-state index in [9.17, 15) is 0 Å². The van der Waals surface area contributed by atoms with Gasteiger partial charge in [0.15, 0.2) is 0 Å². The summed E-state index contributed by atoms with van der Waals surface area (Å²) in [5, 5.41) is 11.0. The number of aromatic nitrogens is 7. The minimum atomic E-state index is 0.114. The molecule has 6 rings (SSSR count). The Bertz CT molecular complexity index is 1390. The molecule has 0 radical (unpaired) electrons. The monoisotopic (exact) mass is 543 g/mol. The van der Waals surface area contributed by atoms with E-state index in [2.05, 4.69) is 57.6 Å². The van der Waals surface area contributed by atoms with Crippen molar-refractivity contribution in [2.24, 2.45) is 0 Å². The molecule has 1 aromatic carbocycles. The van der Waals surface area contributed by atoms with Crippen molar-refractivity contribution in [3.63, 3.8) is 0 Å². The maximum atomic E-state index is 5.77. The van der Waals surface area contributed by atoms with Gasteiger partial charge in [-0.15, -0.1) is 0 Å². The van der Waals surface area contributed by atoms with Gasteiger partial charge in [0.05, 0.1) is 38.2 Å². The lowest BCUT2D eigenvalue weighted by Crippen LogP contribution is -2.47. The van der Waals surface area contributed by atoms with Gasteiger partial charge < -0.3 is 29.9 Å². The molecule has 13 heteroatoms. The summed E-state index contributed by atoms with van der Waals surface area (Å²) in [6, 6.07) is 10.3. The number of anilines is 4. The van der Waals surface area contributed by atoms with Gasteiger partial charge in [-0.05, 0) is 5.56 Å². The maximum Gasteiger partial charge on any atom is 0.232 e. The van der Waals surface area contributed by atoms with E-state index in [4.69, 9.17) is 14.5 Å². The van der Waals surface area contributed by atoms with E-state index in [1.807, 2.05) is 35.3 Å². The minimum Gasteiger partial charge on any atom is -0.481 e. The van der Waals surface area contributed by atoms with Gasteiger partial charge in [-0.25, -0.2) is 15.0 Å². The van der Waals surface area contributed by atoms with Crippen molar-refractivity contribution in [1.29, 1.82) is 0 Å². The van der Waals surface area contributed by atoms with Gasteiger partial charge in [-0.1, -0.05) is 30.3 Å². The van der Waals surface area contributed by atoms with Crippen LogP contribution in [0, 0.1) is 0 Å². The molecular formula is C27H33N11O2. The van der Waals surface area contributed by atoms with E-state index >= 15 is 0 Å². The minimum absolute atomic E-state index is 0.114. The fourth-order valence-corrected chi connectivity index (χ4v) is 4.86. The Balaban J connectivity index is 1.05. The van der Waals surface area contributed by atoms with Crippen LogP contribution in [0.5, 0.6) is 5.88 Å². The summed E-state index contributed by atoms with van der Waals surface area (Å²) in [5.41, 5.74) is 2.97. The number of benzene rings is 1. The number of piperazine rings is 1. The normalized spacial score (nSPS) is 17.6. The van der Waals surface area contributed by atoms with Crippen LogP contribution >= 0.6 is 0 Å². The van der Waals surface area contributed by atoms with E-state index in [0.717, 1.165) is 63.5 Å². The number of rotatable bonds is 9. The lowest BCUT2D eigenvalue weighted by molar-refractivity contribution is 0.0161. The van der Waals surface area contributed by atoms with Crippen LogP contribution in [-0.2, 0) is 17.7 Å². The molecule has 2 saturated heterocycles. The third kappa shape index (κ3) is 6.26. The van der Waals surface area contributed by atoms with Crippen molar-refractivity contribution in [1.82, 2.24) is 40.0 Å². The zero-order chi connectivity index (χ0) is 27.1. The van der Waals surface area contributed by atoms with E-state index in [1.54, 1.807) is 13.3 Å². The van der Waals surface area contributed by atoms with Gasteiger partial charge in [0.2, 0.25) is 23.7 Å². The van der Waals surface area contributed by atoms with Crippen LogP contribution in [0.15, 0.2) is 55.2 Å². The average Bonchev–Trinajstić information content (AvgIpc) is 3.45. The van der Waals surface area contributed by atoms with E-state index in [0.29, 0.717) is 30.3 Å². The first kappa shape index (κ1) is 25.9. The molecule has 0 spiro atoms. The van der Waals surface area contributed by atoms with Crippen molar-refractivity contribution in [2.75, 3.05) is 68.1 Å². The molecule has 0 saturated carbocycles. The lowest BCUT2D eigenvalue weighted by atomic mass is 10.1. The van der Waals surface area contributed by atoms with E-state index in [-0.39, 0.29) is 6.10 Å². The van der Waals surface area contributed by atoms with Crippen molar-refractivity contribution < 1.29 is 9.47 Å². The molecule has 3 aromatic heterocycles.